The zero-order valence-corrected chi connectivity index (χ0v) is 16.0. The van der Waals surface area contributed by atoms with Crippen molar-refractivity contribution in [2.45, 2.75) is 26.8 Å². The lowest BCUT2D eigenvalue weighted by molar-refractivity contribution is 0.425. The van der Waals surface area contributed by atoms with E-state index in [0.29, 0.717) is 26.1 Å². The summed E-state index contributed by atoms with van der Waals surface area (Å²) >= 11 is 0. The quantitative estimate of drug-likeness (QED) is 0.417. The van der Waals surface area contributed by atoms with E-state index in [1.165, 1.54) is 16.1 Å². The molecule has 0 aliphatic heterocycles. The molecule has 0 amide bonds. The Balaban J connectivity index is 2.58. The molecule has 0 atom stereocenters. The summed E-state index contributed by atoms with van der Waals surface area (Å²) in [5, 5.41) is 3.28. The van der Waals surface area contributed by atoms with Gasteiger partial charge in [0.1, 0.15) is 0 Å². The van der Waals surface area contributed by atoms with Gasteiger partial charge in [-0.15, -0.1) is 0 Å². The van der Waals surface area contributed by atoms with Crippen molar-refractivity contribution in [1.82, 2.24) is 14.5 Å². The van der Waals surface area contributed by atoms with Crippen LogP contribution in [0.3, 0.4) is 0 Å². The second-order valence-electron chi connectivity index (χ2n) is 5.69. The molecule has 24 heavy (non-hydrogen) atoms. The molecule has 1 N–H and O–H groups in total. The molecule has 0 bridgehead atoms. The highest BCUT2D eigenvalue weighted by Crippen LogP contribution is 2.03. The second-order valence-corrected chi connectivity index (χ2v) is 7.67. The van der Waals surface area contributed by atoms with Gasteiger partial charge in [-0.3, -0.25) is 4.99 Å². The predicted molar refractivity (Wildman–Crippen MR) is 101 cm³/mol. The number of aliphatic imine (C=N–C) groups is 1. The summed E-state index contributed by atoms with van der Waals surface area (Å²) in [6, 6.07) is 10.2. The molecule has 0 aromatic heterocycles. The van der Waals surface area contributed by atoms with Crippen LogP contribution in [0.5, 0.6) is 0 Å². The summed E-state index contributed by atoms with van der Waals surface area (Å²) in [5.41, 5.74) is 1.22. The fraction of sp³-hybridized carbons (Fsp3) is 0.588. The van der Waals surface area contributed by atoms with E-state index < -0.39 is 10.0 Å². The highest BCUT2D eigenvalue weighted by atomic mass is 32.2. The molecule has 0 saturated carbocycles. The number of sulfonamides is 1. The first kappa shape index (κ1) is 20.4. The van der Waals surface area contributed by atoms with Gasteiger partial charge >= 0.3 is 0 Å². The smallest absolute Gasteiger partial charge is 0.211 e. The van der Waals surface area contributed by atoms with E-state index in [4.69, 9.17) is 0 Å². The van der Waals surface area contributed by atoms with Crippen molar-refractivity contribution < 1.29 is 8.42 Å². The van der Waals surface area contributed by atoms with Crippen LogP contribution in [-0.4, -0.2) is 63.1 Å². The zero-order valence-electron chi connectivity index (χ0n) is 15.2. The number of nitrogens with zero attached hydrogens (tertiary/aromatic N) is 3. The molecule has 0 aliphatic rings. The molecule has 6 nitrogen and oxygen atoms in total. The highest BCUT2D eigenvalue weighted by Gasteiger charge is 2.13. The molecule has 0 spiro atoms. The van der Waals surface area contributed by atoms with Crippen LogP contribution in [0.15, 0.2) is 35.3 Å². The SMILES string of the molecule is CCNC(=NCCCN(CC)S(C)(=O)=O)N(C)Cc1ccccc1. The van der Waals surface area contributed by atoms with E-state index in [1.807, 2.05) is 39.1 Å². The second kappa shape index (κ2) is 10.3. The summed E-state index contributed by atoms with van der Waals surface area (Å²) in [6.07, 6.45) is 1.95. The molecule has 7 heteroatoms. The molecule has 0 fully saturated rings. The zero-order chi connectivity index (χ0) is 18.0. The maximum absolute atomic E-state index is 11.6. The number of rotatable bonds is 9. The van der Waals surface area contributed by atoms with Crippen molar-refractivity contribution in [2.24, 2.45) is 4.99 Å². The molecule has 1 rings (SSSR count). The van der Waals surface area contributed by atoms with Crippen molar-refractivity contribution in [2.75, 3.05) is 39.5 Å². The normalized spacial score (nSPS) is 12.5. The van der Waals surface area contributed by atoms with Crippen LogP contribution in [0, 0.1) is 0 Å². The number of nitrogens with one attached hydrogen (secondary N) is 1. The Hall–Kier alpha value is -1.60. The van der Waals surface area contributed by atoms with Gasteiger partial charge in [0, 0.05) is 39.8 Å². The standard InChI is InChI=1S/C17H30N4O2S/c1-5-18-17(20(3)15-16-11-8-7-9-12-16)19-13-10-14-21(6-2)24(4,22)23/h7-9,11-12H,5-6,10,13-15H2,1-4H3,(H,18,19). The average Bonchev–Trinajstić information content (AvgIpc) is 2.53. The Bertz CT molecular complexity index is 602. The predicted octanol–water partition coefficient (Wildman–Crippen LogP) is 1.76. The summed E-state index contributed by atoms with van der Waals surface area (Å²) in [7, 11) is -1.12. The molecule has 136 valence electrons. The number of benzene rings is 1. The maximum Gasteiger partial charge on any atom is 0.211 e. The Morgan fingerprint density at radius 2 is 1.88 bits per heavy atom. The third-order valence-corrected chi connectivity index (χ3v) is 4.99. The summed E-state index contributed by atoms with van der Waals surface area (Å²) in [4.78, 5) is 6.68. The lowest BCUT2D eigenvalue weighted by Gasteiger charge is -2.22. The van der Waals surface area contributed by atoms with Crippen LogP contribution in [-0.2, 0) is 16.6 Å². The van der Waals surface area contributed by atoms with Crippen LogP contribution in [0.4, 0.5) is 0 Å². The molecule has 1 aromatic rings. The first-order valence-electron chi connectivity index (χ1n) is 8.37. The lowest BCUT2D eigenvalue weighted by atomic mass is 10.2. The van der Waals surface area contributed by atoms with Crippen LogP contribution in [0.2, 0.25) is 0 Å². The molecule has 0 saturated heterocycles. The van der Waals surface area contributed by atoms with Gasteiger partial charge in [0.05, 0.1) is 6.26 Å². The third kappa shape index (κ3) is 7.31. The Kier molecular flexibility index (Phi) is 8.78. The van der Waals surface area contributed by atoms with Gasteiger partial charge in [-0.1, -0.05) is 37.3 Å². The topological polar surface area (TPSA) is 65.0 Å². The van der Waals surface area contributed by atoms with E-state index in [-0.39, 0.29) is 0 Å². The summed E-state index contributed by atoms with van der Waals surface area (Å²) in [6.45, 7) is 7.04. The van der Waals surface area contributed by atoms with E-state index in [1.54, 1.807) is 0 Å². The van der Waals surface area contributed by atoms with E-state index in [9.17, 15) is 8.42 Å². The van der Waals surface area contributed by atoms with Crippen LogP contribution < -0.4 is 5.32 Å². The molecular weight excluding hydrogens is 324 g/mol. The molecule has 0 aliphatic carbocycles. The van der Waals surface area contributed by atoms with E-state index >= 15 is 0 Å². The summed E-state index contributed by atoms with van der Waals surface area (Å²) in [5.74, 6) is 0.837. The first-order valence-corrected chi connectivity index (χ1v) is 10.2. The summed E-state index contributed by atoms with van der Waals surface area (Å²) < 4.78 is 24.6. The Labute approximate surface area is 146 Å². The average molecular weight is 355 g/mol. The van der Waals surface area contributed by atoms with Gasteiger partial charge in [0.25, 0.3) is 0 Å². The van der Waals surface area contributed by atoms with Crippen LogP contribution in [0.1, 0.15) is 25.8 Å². The number of hydrogen-bond acceptors (Lipinski definition) is 3. The number of guanidine groups is 1. The Morgan fingerprint density at radius 3 is 2.42 bits per heavy atom. The van der Waals surface area contributed by atoms with Gasteiger partial charge in [-0.05, 0) is 18.9 Å². The van der Waals surface area contributed by atoms with E-state index in [0.717, 1.165) is 19.0 Å². The molecule has 0 unspecified atom stereocenters. The minimum Gasteiger partial charge on any atom is -0.357 e. The van der Waals surface area contributed by atoms with Gasteiger partial charge in [-0.2, -0.15) is 0 Å². The van der Waals surface area contributed by atoms with Crippen molar-refractivity contribution in [3.05, 3.63) is 35.9 Å². The van der Waals surface area contributed by atoms with Crippen LogP contribution >= 0.6 is 0 Å². The van der Waals surface area contributed by atoms with Gasteiger partial charge < -0.3 is 10.2 Å². The molecule has 0 heterocycles. The van der Waals surface area contributed by atoms with Crippen LogP contribution in [0.25, 0.3) is 0 Å². The number of hydrogen-bond donors (Lipinski definition) is 1. The third-order valence-electron chi connectivity index (χ3n) is 3.61. The van der Waals surface area contributed by atoms with Gasteiger partial charge in [-0.25, -0.2) is 12.7 Å². The van der Waals surface area contributed by atoms with Crippen molar-refractivity contribution in [3.63, 3.8) is 0 Å². The largest absolute Gasteiger partial charge is 0.357 e. The molecular formula is C17H30N4O2S. The molecule has 0 radical (unpaired) electrons. The first-order chi connectivity index (χ1) is 11.4. The maximum atomic E-state index is 11.6. The monoisotopic (exact) mass is 354 g/mol. The lowest BCUT2D eigenvalue weighted by Crippen LogP contribution is -2.38. The van der Waals surface area contributed by atoms with Crippen molar-refractivity contribution in [1.29, 1.82) is 0 Å². The van der Waals surface area contributed by atoms with Crippen molar-refractivity contribution >= 4 is 16.0 Å². The Morgan fingerprint density at radius 1 is 1.21 bits per heavy atom. The fourth-order valence-corrected chi connectivity index (χ4v) is 3.32. The molecule has 1 aromatic carbocycles. The fourth-order valence-electron chi connectivity index (χ4n) is 2.39. The highest BCUT2D eigenvalue weighted by molar-refractivity contribution is 7.88. The minimum atomic E-state index is -3.12. The van der Waals surface area contributed by atoms with Crippen molar-refractivity contribution in [3.8, 4) is 0 Å². The minimum absolute atomic E-state index is 0.497. The van der Waals surface area contributed by atoms with Gasteiger partial charge in [0.2, 0.25) is 10.0 Å². The van der Waals surface area contributed by atoms with Gasteiger partial charge in [0.15, 0.2) is 5.96 Å². The van der Waals surface area contributed by atoms with E-state index in [2.05, 4.69) is 27.3 Å².